The Balaban J connectivity index is 1.72. The van der Waals surface area contributed by atoms with Crippen LogP contribution >= 0.6 is 11.6 Å². The van der Waals surface area contributed by atoms with E-state index in [1.807, 2.05) is 24.3 Å². The first-order chi connectivity index (χ1) is 15.3. The van der Waals surface area contributed by atoms with Crippen molar-refractivity contribution >= 4 is 29.1 Å². The Bertz CT molecular complexity index is 1050. The molecular weight excluding hydrogens is 433 g/mol. The van der Waals surface area contributed by atoms with Crippen molar-refractivity contribution in [1.82, 2.24) is 10.2 Å². The number of hydrogen-bond donors (Lipinski definition) is 2. The van der Waals surface area contributed by atoms with Crippen molar-refractivity contribution in [3.05, 3.63) is 63.9 Å². The largest absolute Gasteiger partial charge is 0.378 e. The van der Waals surface area contributed by atoms with Crippen molar-refractivity contribution in [3.8, 4) is 0 Å². The normalized spacial score (nSPS) is 18.1. The third kappa shape index (κ3) is 3.89. The number of carbonyl (C=O) groups excluding carboxylic acids is 2. The Morgan fingerprint density at radius 3 is 2.50 bits per heavy atom. The molecule has 2 aromatic carbocycles. The van der Waals surface area contributed by atoms with Gasteiger partial charge in [0.15, 0.2) is 0 Å². The summed E-state index contributed by atoms with van der Waals surface area (Å²) in [5, 5.41) is 5.17. The van der Waals surface area contributed by atoms with Gasteiger partial charge in [0, 0.05) is 20.1 Å². The molecule has 32 heavy (non-hydrogen) atoms. The van der Waals surface area contributed by atoms with E-state index < -0.39 is 17.1 Å². The van der Waals surface area contributed by atoms with Gasteiger partial charge in [-0.15, -0.1) is 0 Å². The highest BCUT2D eigenvalue weighted by molar-refractivity contribution is 6.31. The molecule has 2 aromatic rings. The number of nitrogens with one attached hydrogen (secondary N) is 2. The molecule has 0 spiro atoms. The fraction of sp³-hybridized carbons (Fsp3) is 0.417. The average Bonchev–Trinajstić information content (AvgIpc) is 2.70. The molecule has 2 aliphatic heterocycles. The Labute approximate surface area is 192 Å². The minimum Gasteiger partial charge on any atom is -0.378 e. The third-order valence-corrected chi connectivity index (χ3v) is 6.69. The molecule has 170 valence electrons. The van der Waals surface area contributed by atoms with E-state index in [1.165, 1.54) is 13.1 Å². The van der Waals surface area contributed by atoms with Crippen LogP contribution < -0.4 is 10.6 Å². The molecule has 0 saturated carbocycles. The van der Waals surface area contributed by atoms with Crippen LogP contribution in [0.2, 0.25) is 5.02 Å². The Morgan fingerprint density at radius 1 is 1.22 bits per heavy atom. The zero-order chi connectivity index (χ0) is 23.0. The second-order valence-electron chi connectivity index (χ2n) is 8.77. The molecular formula is C24H27ClFN3O3. The van der Waals surface area contributed by atoms with Crippen molar-refractivity contribution in [3.63, 3.8) is 0 Å². The van der Waals surface area contributed by atoms with Crippen molar-refractivity contribution in [2.75, 3.05) is 38.7 Å². The fourth-order valence-corrected chi connectivity index (χ4v) is 4.59. The first-order valence-corrected chi connectivity index (χ1v) is 11.1. The number of amides is 2. The van der Waals surface area contributed by atoms with E-state index in [9.17, 15) is 14.0 Å². The van der Waals surface area contributed by atoms with Gasteiger partial charge >= 0.3 is 0 Å². The summed E-state index contributed by atoms with van der Waals surface area (Å²) < 4.78 is 19.6. The quantitative estimate of drug-likeness (QED) is 0.693. The van der Waals surface area contributed by atoms with Gasteiger partial charge < -0.3 is 15.4 Å². The Hall–Kier alpha value is -2.48. The summed E-state index contributed by atoms with van der Waals surface area (Å²) in [5.74, 6) is -1.20. The molecule has 4 rings (SSSR count). The number of rotatable bonds is 6. The average molecular weight is 460 g/mol. The molecule has 2 heterocycles. The first kappa shape index (κ1) is 22.7. The van der Waals surface area contributed by atoms with Crippen LogP contribution in [0.25, 0.3) is 0 Å². The predicted molar refractivity (Wildman–Crippen MR) is 122 cm³/mol. The summed E-state index contributed by atoms with van der Waals surface area (Å²) in [5.41, 5.74) is 1.46. The van der Waals surface area contributed by atoms with E-state index in [2.05, 4.69) is 29.4 Å². The molecule has 2 saturated heterocycles. The summed E-state index contributed by atoms with van der Waals surface area (Å²) in [6, 6.07) is 10.6. The molecule has 0 bridgehead atoms. The minimum atomic E-state index is -0.813. The smallest absolute Gasteiger partial charge is 0.253 e. The summed E-state index contributed by atoms with van der Waals surface area (Å²) in [6.07, 6.45) is 0. The van der Waals surface area contributed by atoms with Gasteiger partial charge in [-0.1, -0.05) is 49.7 Å². The summed E-state index contributed by atoms with van der Waals surface area (Å²) in [6.45, 7) is 6.57. The molecule has 8 heteroatoms. The zero-order valence-electron chi connectivity index (χ0n) is 18.4. The minimum absolute atomic E-state index is 0.100. The molecule has 0 radical (unpaired) electrons. The standard InChI is InChI=1S/C24H27ClFN3O3/c1-14(2)16-6-4-5-7-18(16)24(12-29(13-24)15-10-32-11-15)23(31)28-21-9-20(26)19(25)8-17(21)22(30)27-3/h4-9,14-15H,10-13H2,1-3H3,(H,27,30)(H,28,31). The monoisotopic (exact) mass is 459 g/mol. The number of likely N-dealkylation sites (tertiary alicyclic amines) is 1. The Kier molecular flexibility index (Phi) is 6.25. The van der Waals surface area contributed by atoms with Crippen LogP contribution in [0.4, 0.5) is 10.1 Å². The van der Waals surface area contributed by atoms with Crippen LogP contribution in [0, 0.1) is 5.82 Å². The van der Waals surface area contributed by atoms with E-state index in [4.69, 9.17) is 16.3 Å². The highest BCUT2D eigenvalue weighted by Gasteiger charge is 2.54. The van der Waals surface area contributed by atoms with Crippen molar-refractivity contribution in [2.45, 2.75) is 31.2 Å². The molecule has 0 atom stereocenters. The van der Waals surface area contributed by atoms with Crippen LogP contribution in [-0.2, 0) is 14.9 Å². The van der Waals surface area contributed by atoms with E-state index >= 15 is 0 Å². The maximum absolute atomic E-state index is 14.2. The van der Waals surface area contributed by atoms with E-state index in [1.54, 1.807) is 0 Å². The van der Waals surface area contributed by atoms with Gasteiger partial charge in [-0.05, 0) is 29.2 Å². The van der Waals surface area contributed by atoms with Gasteiger partial charge in [-0.25, -0.2) is 4.39 Å². The maximum atomic E-state index is 14.2. The number of nitrogens with zero attached hydrogens (tertiary/aromatic N) is 1. The lowest BCUT2D eigenvalue weighted by atomic mass is 9.69. The molecule has 0 aromatic heterocycles. The number of benzene rings is 2. The van der Waals surface area contributed by atoms with Crippen LogP contribution in [0.3, 0.4) is 0 Å². The van der Waals surface area contributed by atoms with Gasteiger partial charge in [0.2, 0.25) is 5.91 Å². The molecule has 0 unspecified atom stereocenters. The predicted octanol–water partition coefficient (Wildman–Crippen LogP) is 3.55. The van der Waals surface area contributed by atoms with Crippen molar-refractivity contribution in [1.29, 1.82) is 0 Å². The lowest BCUT2D eigenvalue weighted by Gasteiger charge is -2.54. The number of carbonyl (C=O) groups is 2. The van der Waals surface area contributed by atoms with Gasteiger partial charge in [0.05, 0.1) is 40.9 Å². The summed E-state index contributed by atoms with van der Waals surface area (Å²) >= 11 is 5.89. The van der Waals surface area contributed by atoms with Crippen LogP contribution in [-0.4, -0.2) is 56.1 Å². The van der Waals surface area contributed by atoms with Crippen LogP contribution in [0.5, 0.6) is 0 Å². The number of hydrogen-bond acceptors (Lipinski definition) is 4. The molecule has 2 fully saturated rings. The van der Waals surface area contributed by atoms with Crippen LogP contribution in [0.1, 0.15) is 41.3 Å². The number of anilines is 1. The number of halogens is 2. The zero-order valence-corrected chi connectivity index (χ0v) is 19.1. The van der Waals surface area contributed by atoms with Gasteiger partial charge in [-0.3, -0.25) is 14.5 Å². The molecule has 2 N–H and O–H groups in total. The highest BCUT2D eigenvalue weighted by Crippen LogP contribution is 2.42. The highest BCUT2D eigenvalue weighted by atomic mass is 35.5. The molecule has 0 aliphatic carbocycles. The van der Waals surface area contributed by atoms with Gasteiger partial charge in [0.25, 0.3) is 5.91 Å². The second-order valence-corrected chi connectivity index (χ2v) is 9.17. The first-order valence-electron chi connectivity index (χ1n) is 10.7. The van der Waals surface area contributed by atoms with Gasteiger partial charge in [0.1, 0.15) is 5.82 Å². The third-order valence-electron chi connectivity index (χ3n) is 6.40. The number of ether oxygens (including phenoxy) is 1. The lowest BCUT2D eigenvalue weighted by molar-refractivity contribution is -0.141. The lowest BCUT2D eigenvalue weighted by Crippen LogP contribution is -2.70. The molecule has 6 nitrogen and oxygen atoms in total. The van der Waals surface area contributed by atoms with Crippen LogP contribution in [0.15, 0.2) is 36.4 Å². The molecule has 2 amide bonds. The summed E-state index contributed by atoms with van der Waals surface area (Å²) in [4.78, 5) is 28.4. The van der Waals surface area contributed by atoms with E-state index in [-0.39, 0.29) is 28.1 Å². The fourth-order valence-electron chi connectivity index (χ4n) is 4.43. The van der Waals surface area contributed by atoms with Crippen molar-refractivity contribution < 1.29 is 18.7 Å². The van der Waals surface area contributed by atoms with Crippen molar-refractivity contribution in [2.24, 2.45) is 0 Å². The van der Waals surface area contributed by atoms with E-state index in [0.717, 1.165) is 17.2 Å². The topological polar surface area (TPSA) is 70.7 Å². The second kappa shape index (κ2) is 8.81. The van der Waals surface area contributed by atoms with E-state index in [0.29, 0.717) is 32.3 Å². The SMILES string of the molecule is CNC(=O)c1cc(Cl)c(F)cc1NC(=O)C1(c2ccccc2C(C)C)CN(C2COC2)C1. The van der Waals surface area contributed by atoms with Gasteiger partial charge in [-0.2, -0.15) is 0 Å². The molecule has 2 aliphatic rings. The maximum Gasteiger partial charge on any atom is 0.253 e. The summed E-state index contributed by atoms with van der Waals surface area (Å²) in [7, 11) is 1.47. The Morgan fingerprint density at radius 2 is 1.91 bits per heavy atom.